The van der Waals surface area contributed by atoms with E-state index in [1.807, 2.05) is 112 Å². The highest BCUT2D eigenvalue weighted by Crippen LogP contribution is 2.31. The second-order valence-electron chi connectivity index (χ2n) is 13.9. The van der Waals surface area contributed by atoms with E-state index in [2.05, 4.69) is 39.0 Å². The summed E-state index contributed by atoms with van der Waals surface area (Å²) >= 11 is 0. The number of aromatic nitrogens is 1. The van der Waals surface area contributed by atoms with Crippen LogP contribution in [0.25, 0.3) is 0 Å². The number of hydrogen-bond acceptors (Lipinski definition) is 7. The monoisotopic (exact) mass is 687 g/mol. The Morgan fingerprint density at radius 1 is 0.922 bits per heavy atom. The largest absolute Gasteiger partial charge is 0.453 e. The van der Waals surface area contributed by atoms with Gasteiger partial charge in [0.1, 0.15) is 11.7 Å². The van der Waals surface area contributed by atoms with Crippen LogP contribution in [0.5, 0.6) is 0 Å². The zero-order valence-corrected chi connectivity index (χ0v) is 29.5. The number of carbonyl (C=O) groups is 3. The van der Waals surface area contributed by atoms with Crippen LogP contribution in [0.3, 0.4) is 0 Å². The van der Waals surface area contributed by atoms with Crippen molar-refractivity contribution in [1.29, 1.82) is 0 Å². The molecule has 1 aliphatic rings. The molecule has 3 atom stereocenters. The molecular formula is C41H45N5O5. The Morgan fingerprint density at radius 3 is 2.31 bits per heavy atom. The first-order valence-corrected chi connectivity index (χ1v) is 17.0. The molecule has 10 nitrogen and oxygen atoms in total. The van der Waals surface area contributed by atoms with Gasteiger partial charge in [-0.05, 0) is 70.7 Å². The third-order valence-corrected chi connectivity index (χ3v) is 8.82. The lowest BCUT2D eigenvalue weighted by atomic mass is 9.86. The average Bonchev–Trinajstić information content (AvgIpc) is 3.52. The van der Waals surface area contributed by atoms with E-state index in [1.54, 1.807) is 6.20 Å². The molecule has 4 aromatic rings. The van der Waals surface area contributed by atoms with Gasteiger partial charge in [-0.1, -0.05) is 99.5 Å². The van der Waals surface area contributed by atoms with E-state index >= 15 is 0 Å². The molecule has 0 aliphatic heterocycles. The maximum atomic E-state index is 14.2. The minimum atomic E-state index is -1.97. The third kappa shape index (κ3) is 10.0. The van der Waals surface area contributed by atoms with Gasteiger partial charge in [-0.3, -0.25) is 15.0 Å². The minimum Gasteiger partial charge on any atom is -0.453 e. The summed E-state index contributed by atoms with van der Waals surface area (Å²) in [6, 6.07) is 29.0. The third-order valence-electron chi connectivity index (χ3n) is 8.82. The van der Waals surface area contributed by atoms with Crippen molar-refractivity contribution in [2.45, 2.75) is 64.3 Å². The average molecular weight is 688 g/mol. The summed E-state index contributed by atoms with van der Waals surface area (Å²) in [6.45, 7) is 5.33. The molecule has 4 N–H and O–H groups in total. The van der Waals surface area contributed by atoms with Crippen LogP contribution in [0.2, 0.25) is 0 Å². The number of nitrogens with zero attached hydrogens (tertiary/aromatic N) is 2. The van der Waals surface area contributed by atoms with Crippen LogP contribution in [0.4, 0.5) is 4.79 Å². The lowest BCUT2D eigenvalue weighted by Gasteiger charge is -2.36. The standard InChI is InChI=1S/C41H45N5O5/c1-40(2,3)36(44-39(49)51-4)37(47)45-46(27-31-19-17-29(18-20-31)21-23-33-15-10-11-25-42-33)28-41(50,26-30-12-6-5-7-13-30)38(48)43-35-24-22-32-14-8-9-16-34(32)35/h5-20,25,35-36,50H,22,24,26-28H2,1-4H3,(H,43,48)(H,44,49)(H,45,47)/t35-,36-,41+/m1/s1. The number of methoxy groups -OCH3 is 1. The number of pyridine rings is 1. The SMILES string of the molecule is COC(=O)N[C@H](C(=O)NN(Cc1ccc(C#Cc2ccccn2)cc1)C[C@@](O)(Cc1ccccc1)C(=O)N[C@@H]1CCc2ccccc21)C(C)(C)C. The van der Waals surface area contributed by atoms with Crippen molar-refractivity contribution < 1.29 is 24.2 Å². The van der Waals surface area contributed by atoms with Gasteiger partial charge in [0.05, 0.1) is 19.7 Å². The molecule has 0 radical (unpaired) electrons. The number of alkyl carbamates (subject to hydrolysis) is 1. The number of aliphatic hydroxyl groups is 1. The molecule has 10 heteroatoms. The first kappa shape index (κ1) is 36.8. The van der Waals surface area contributed by atoms with Gasteiger partial charge in [0, 0.05) is 24.7 Å². The molecule has 264 valence electrons. The number of hydrazine groups is 1. The minimum absolute atomic E-state index is 0.00836. The molecule has 1 aromatic heterocycles. The number of hydrogen-bond donors (Lipinski definition) is 4. The number of carbonyl (C=O) groups excluding carboxylic acids is 3. The van der Waals surface area contributed by atoms with Gasteiger partial charge in [-0.15, -0.1) is 0 Å². The predicted molar refractivity (Wildman–Crippen MR) is 195 cm³/mol. The number of rotatable bonds is 11. The van der Waals surface area contributed by atoms with Crippen LogP contribution in [0, 0.1) is 17.3 Å². The molecule has 0 unspecified atom stereocenters. The number of ether oxygens (including phenoxy) is 1. The maximum absolute atomic E-state index is 14.2. The molecule has 1 heterocycles. The summed E-state index contributed by atoms with van der Waals surface area (Å²) in [5.74, 6) is 5.08. The predicted octanol–water partition coefficient (Wildman–Crippen LogP) is 4.86. The van der Waals surface area contributed by atoms with Gasteiger partial charge < -0.3 is 20.5 Å². The number of aryl methyl sites for hydroxylation is 1. The maximum Gasteiger partial charge on any atom is 0.407 e. The Balaban J connectivity index is 1.45. The van der Waals surface area contributed by atoms with Crippen molar-refractivity contribution in [2.24, 2.45) is 5.41 Å². The molecular weight excluding hydrogens is 642 g/mol. The lowest BCUT2D eigenvalue weighted by Crippen LogP contribution is -2.62. The van der Waals surface area contributed by atoms with Gasteiger partial charge in [-0.2, -0.15) is 0 Å². The van der Waals surface area contributed by atoms with Crippen molar-refractivity contribution in [2.75, 3.05) is 13.7 Å². The molecule has 0 saturated carbocycles. The summed E-state index contributed by atoms with van der Waals surface area (Å²) in [5.41, 5.74) is 5.42. The highest BCUT2D eigenvalue weighted by atomic mass is 16.5. The van der Waals surface area contributed by atoms with Gasteiger partial charge in [-0.25, -0.2) is 14.8 Å². The Labute approximate surface area is 299 Å². The van der Waals surface area contributed by atoms with Crippen molar-refractivity contribution in [3.05, 3.63) is 137 Å². The van der Waals surface area contributed by atoms with E-state index in [9.17, 15) is 19.5 Å². The van der Waals surface area contributed by atoms with Crippen LogP contribution < -0.4 is 16.1 Å². The van der Waals surface area contributed by atoms with E-state index < -0.39 is 35.0 Å². The van der Waals surface area contributed by atoms with Gasteiger partial charge in [0.25, 0.3) is 11.8 Å². The summed E-state index contributed by atoms with van der Waals surface area (Å²) in [7, 11) is 1.23. The molecule has 0 spiro atoms. The summed E-state index contributed by atoms with van der Waals surface area (Å²) < 4.78 is 4.80. The quantitative estimate of drug-likeness (QED) is 0.131. The number of benzene rings is 3. The summed E-state index contributed by atoms with van der Waals surface area (Å²) in [6.07, 6.45) is 2.47. The van der Waals surface area contributed by atoms with Crippen molar-refractivity contribution in [3.8, 4) is 11.8 Å². The van der Waals surface area contributed by atoms with E-state index in [-0.39, 0.29) is 25.6 Å². The lowest BCUT2D eigenvalue weighted by molar-refractivity contribution is -0.147. The van der Waals surface area contributed by atoms with Crippen LogP contribution in [0.15, 0.2) is 103 Å². The van der Waals surface area contributed by atoms with Crippen LogP contribution in [-0.4, -0.2) is 58.3 Å². The number of fused-ring (bicyclic) bond motifs is 1. The molecule has 5 rings (SSSR count). The zero-order valence-electron chi connectivity index (χ0n) is 29.5. The van der Waals surface area contributed by atoms with E-state index in [4.69, 9.17) is 4.74 Å². The fourth-order valence-corrected chi connectivity index (χ4v) is 6.15. The molecule has 0 saturated heterocycles. The van der Waals surface area contributed by atoms with E-state index in [1.165, 1.54) is 17.7 Å². The molecule has 3 aromatic carbocycles. The van der Waals surface area contributed by atoms with Crippen LogP contribution in [0.1, 0.15) is 66.7 Å². The van der Waals surface area contributed by atoms with Gasteiger partial charge >= 0.3 is 6.09 Å². The van der Waals surface area contributed by atoms with Crippen molar-refractivity contribution >= 4 is 17.9 Å². The number of nitrogens with one attached hydrogen (secondary N) is 3. The smallest absolute Gasteiger partial charge is 0.407 e. The summed E-state index contributed by atoms with van der Waals surface area (Å²) in [5, 5.41) is 19.7. The zero-order chi connectivity index (χ0) is 36.4. The normalized spacial score (nSPS) is 15.4. The highest BCUT2D eigenvalue weighted by molar-refractivity contribution is 5.87. The topological polar surface area (TPSA) is 133 Å². The molecule has 1 aliphatic carbocycles. The molecule has 0 bridgehead atoms. The second-order valence-corrected chi connectivity index (χ2v) is 13.9. The fourth-order valence-electron chi connectivity index (χ4n) is 6.15. The molecule has 0 fully saturated rings. The first-order chi connectivity index (χ1) is 24.4. The fraction of sp³-hybridized carbons (Fsp3) is 0.317. The highest BCUT2D eigenvalue weighted by Gasteiger charge is 2.42. The van der Waals surface area contributed by atoms with Gasteiger partial charge in [0.2, 0.25) is 0 Å². The molecule has 3 amide bonds. The van der Waals surface area contributed by atoms with Crippen LogP contribution in [-0.2, 0) is 33.7 Å². The number of amides is 3. The Kier molecular flexibility index (Phi) is 11.9. The van der Waals surface area contributed by atoms with Gasteiger partial charge in [0.15, 0.2) is 5.60 Å². The van der Waals surface area contributed by atoms with Crippen LogP contribution >= 0.6 is 0 Å². The Morgan fingerprint density at radius 2 is 1.63 bits per heavy atom. The second kappa shape index (κ2) is 16.5. The Bertz CT molecular complexity index is 1870. The van der Waals surface area contributed by atoms with Crippen molar-refractivity contribution in [3.63, 3.8) is 0 Å². The Hall–Kier alpha value is -5.50. The van der Waals surface area contributed by atoms with E-state index in [0.717, 1.165) is 35.1 Å². The first-order valence-electron chi connectivity index (χ1n) is 17.0. The van der Waals surface area contributed by atoms with Crippen molar-refractivity contribution in [1.82, 2.24) is 26.1 Å². The molecule has 51 heavy (non-hydrogen) atoms. The van der Waals surface area contributed by atoms with E-state index in [0.29, 0.717) is 5.69 Å². The summed E-state index contributed by atoms with van der Waals surface area (Å²) in [4.78, 5) is 44.7.